The van der Waals surface area contributed by atoms with Gasteiger partial charge in [0.05, 0.1) is 24.0 Å². The fourth-order valence-corrected chi connectivity index (χ4v) is 1.72. The van der Waals surface area contributed by atoms with Crippen molar-refractivity contribution in [3.05, 3.63) is 35.5 Å². The fraction of sp³-hybridized carbons (Fsp3) is 0.167. The van der Waals surface area contributed by atoms with Crippen molar-refractivity contribution in [1.82, 2.24) is 4.98 Å². The minimum absolute atomic E-state index is 0.348. The Labute approximate surface area is 93.0 Å². The van der Waals surface area contributed by atoms with E-state index in [1.807, 2.05) is 24.3 Å². The number of methoxy groups -OCH3 is 1. The molecule has 2 rings (SSSR count). The number of carbonyl (C=O) groups excluding carboxylic acids is 1. The van der Waals surface area contributed by atoms with E-state index in [9.17, 15) is 4.79 Å². The molecule has 0 aliphatic rings. The number of aryl methyl sites for hydroxylation is 1. The smallest absolute Gasteiger partial charge is 0.341 e. The number of anilines is 1. The van der Waals surface area contributed by atoms with Gasteiger partial charge in [-0.25, -0.2) is 4.79 Å². The highest BCUT2D eigenvalue weighted by molar-refractivity contribution is 6.05. The average Bonchev–Trinajstić information content (AvgIpc) is 2.28. The third-order valence-corrected chi connectivity index (χ3v) is 2.50. The van der Waals surface area contributed by atoms with Gasteiger partial charge in [-0.3, -0.25) is 4.98 Å². The highest BCUT2D eigenvalue weighted by atomic mass is 16.5. The van der Waals surface area contributed by atoms with Crippen LogP contribution in [-0.4, -0.2) is 18.1 Å². The number of para-hydroxylation sites is 1. The summed E-state index contributed by atoms with van der Waals surface area (Å²) in [5.41, 5.74) is 8.10. The minimum atomic E-state index is -0.451. The standard InChI is InChI=1S/C12H12N2O2/c1-7-10(12(15)16-2)11(13)8-5-3-4-6-9(8)14-7/h3-6H,1-2H3,(H2,13,14). The van der Waals surface area contributed by atoms with Gasteiger partial charge in [-0.15, -0.1) is 0 Å². The zero-order valence-corrected chi connectivity index (χ0v) is 9.15. The van der Waals surface area contributed by atoms with Crippen molar-refractivity contribution in [2.75, 3.05) is 12.8 Å². The largest absolute Gasteiger partial charge is 0.465 e. The molecule has 4 nitrogen and oxygen atoms in total. The molecule has 1 heterocycles. The van der Waals surface area contributed by atoms with Gasteiger partial charge in [0, 0.05) is 5.39 Å². The Hall–Kier alpha value is -2.10. The number of esters is 1. The van der Waals surface area contributed by atoms with E-state index in [2.05, 4.69) is 9.72 Å². The maximum Gasteiger partial charge on any atom is 0.341 e. The van der Waals surface area contributed by atoms with Crippen molar-refractivity contribution in [2.24, 2.45) is 0 Å². The number of fused-ring (bicyclic) bond motifs is 1. The number of nitrogen functional groups attached to an aromatic ring is 1. The van der Waals surface area contributed by atoms with Crippen LogP contribution in [0.15, 0.2) is 24.3 Å². The number of nitrogens with two attached hydrogens (primary N) is 1. The third kappa shape index (κ3) is 1.48. The van der Waals surface area contributed by atoms with Crippen LogP contribution < -0.4 is 5.73 Å². The van der Waals surface area contributed by atoms with E-state index >= 15 is 0 Å². The molecule has 16 heavy (non-hydrogen) atoms. The molecule has 2 aromatic rings. The van der Waals surface area contributed by atoms with Crippen molar-refractivity contribution in [3.8, 4) is 0 Å². The Bertz CT molecular complexity index is 564. The molecule has 1 aromatic heterocycles. The van der Waals surface area contributed by atoms with Crippen LogP contribution in [0.1, 0.15) is 16.1 Å². The summed E-state index contributed by atoms with van der Waals surface area (Å²) >= 11 is 0. The van der Waals surface area contributed by atoms with Crippen LogP contribution >= 0.6 is 0 Å². The first kappa shape index (κ1) is 10.4. The highest BCUT2D eigenvalue weighted by Gasteiger charge is 2.16. The van der Waals surface area contributed by atoms with Gasteiger partial charge in [0.25, 0.3) is 0 Å². The molecule has 4 heteroatoms. The number of aromatic nitrogens is 1. The van der Waals surface area contributed by atoms with Crippen molar-refractivity contribution in [3.63, 3.8) is 0 Å². The predicted octanol–water partition coefficient (Wildman–Crippen LogP) is 1.91. The quantitative estimate of drug-likeness (QED) is 0.739. The van der Waals surface area contributed by atoms with Gasteiger partial charge in [0.15, 0.2) is 0 Å². The van der Waals surface area contributed by atoms with Gasteiger partial charge in [-0.2, -0.15) is 0 Å². The van der Waals surface area contributed by atoms with Crippen molar-refractivity contribution in [1.29, 1.82) is 0 Å². The molecule has 0 unspecified atom stereocenters. The topological polar surface area (TPSA) is 65.2 Å². The number of rotatable bonds is 1. The molecule has 0 aliphatic heterocycles. The average molecular weight is 216 g/mol. The van der Waals surface area contributed by atoms with Crippen LogP contribution in [0.4, 0.5) is 5.69 Å². The van der Waals surface area contributed by atoms with E-state index < -0.39 is 5.97 Å². The summed E-state index contributed by atoms with van der Waals surface area (Å²) in [7, 11) is 1.33. The lowest BCUT2D eigenvalue weighted by atomic mass is 10.1. The SMILES string of the molecule is COC(=O)c1c(C)nc2ccccc2c1N. The van der Waals surface area contributed by atoms with Gasteiger partial charge in [-0.05, 0) is 13.0 Å². The summed E-state index contributed by atoms with van der Waals surface area (Å²) in [4.78, 5) is 15.9. The van der Waals surface area contributed by atoms with Crippen LogP contribution in [0.25, 0.3) is 10.9 Å². The predicted molar refractivity (Wildman–Crippen MR) is 62.2 cm³/mol. The first-order valence-electron chi connectivity index (χ1n) is 4.88. The van der Waals surface area contributed by atoms with E-state index in [1.54, 1.807) is 6.92 Å². The van der Waals surface area contributed by atoms with Crippen molar-refractivity contribution < 1.29 is 9.53 Å². The second kappa shape index (κ2) is 3.81. The molecular formula is C12H12N2O2. The molecule has 0 atom stereocenters. The maximum absolute atomic E-state index is 11.6. The normalized spacial score (nSPS) is 10.4. The molecule has 0 bridgehead atoms. The highest BCUT2D eigenvalue weighted by Crippen LogP contribution is 2.25. The van der Waals surface area contributed by atoms with Crippen molar-refractivity contribution in [2.45, 2.75) is 6.92 Å². The van der Waals surface area contributed by atoms with Gasteiger partial charge in [0.1, 0.15) is 5.56 Å². The van der Waals surface area contributed by atoms with E-state index in [4.69, 9.17) is 5.73 Å². The molecule has 0 amide bonds. The minimum Gasteiger partial charge on any atom is -0.465 e. The number of hydrogen-bond acceptors (Lipinski definition) is 4. The van der Waals surface area contributed by atoms with Gasteiger partial charge < -0.3 is 10.5 Å². The molecule has 0 saturated carbocycles. The van der Waals surface area contributed by atoms with Crippen LogP contribution in [0.5, 0.6) is 0 Å². The lowest BCUT2D eigenvalue weighted by Crippen LogP contribution is -2.10. The molecule has 0 aliphatic carbocycles. The number of nitrogens with zero attached hydrogens (tertiary/aromatic N) is 1. The Kier molecular flexibility index (Phi) is 2.48. The van der Waals surface area contributed by atoms with Gasteiger partial charge in [0.2, 0.25) is 0 Å². The Morgan fingerprint density at radius 1 is 1.38 bits per heavy atom. The van der Waals surface area contributed by atoms with E-state index in [-0.39, 0.29) is 0 Å². The van der Waals surface area contributed by atoms with Gasteiger partial charge in [-0.1, -0.05) is 18.2 Å². The van der Waals surface area contributed by atoms with Crippen LogP contribution in [-0.2, 0) is 4.74 Å². The Morgan fingerprint density at radius 2 is 2.06 bits per heavy atom. The lowest BCUT2D eigenvalue weighted by Gasteiger charge is -2.09. The zero-order valence-electron chi connectivity index (χ0n) is 9.15. The number of pyridine rings is 1. The van der Waals surface area contributed by atoms with Crippen LogP contribution in [0.3, 0.4) is 0 Å². The maximum atomic E-state index is 11.6. The summed E-state index contributed by atoms with van der Waals surface area (Å²) in [5, 5.41) is 0.772. The number of benzene rings is 1. The second-order valence-corrected chi connectivity index (χ2v) is 3.49. The zero-order chi connectivity index (χ0) is 11.7. The van der Waals surface area contributed by atoms with Crippen molar-refractivity contribution >= 4 is 22.6 Å². The molecule has 0 radical (unpaired) electrons. The van der Waals surface area contributed by atoms with Gasteiger partial charge >= 0.3 is 5.97 Å². The monoisotopic (exact) mass is 216 g/mol. The first-order valence-corrected chi connectivity index (χ1v) is 4.88. The Morgan fingerprint density at radius 3 is 2.75 bits per heavy atom. The molecule has 2 N–H and O–H groups in total. The van der Waals surface area contributed by atoms with Crippen LogP contribution in [0, 0.1) is 6.92 Å². The number of carbonyl (C=O) groups is 1. The van der Waals surface area contributed by atoms with E-state index in [0.29, 0.717) is 16.9 Å². The van der Waals surface area contributed by atoms with E-state index in [0.717, 1.165) is 10.9 Å². The number of hydrogen-bond donors (Lipinski definition) is 1. The summed E-state index contributed by atoms with van der Waals surface area (Å²) in [6.07, 6.45) is 0. The third-order valence-electron chi connectivity index (χ3n) is 2.50. The number of ether oxygens (including phenoxy) is 1. The second-order valence-electron chi connectivity index (χ2n) is 3.49. The molecule has 82 valence electrons. The lowest BCUT2D eigenvalue weighted by molar-refractivity contribution is 0.0601. The summed E-state index contributed by atoms with van der Waals surface area (Å²) in [6, 6.07) is 7.44. The molecular weight excluding hydrogens is 204 g/mol. The fourth-order valence-electron chi connectivity index (χ4n) is 1.72. The van der Waals surface area contributed by atoms with E-state index in [1.165, 1.54) is 7.11 Å². The summed E-state index contributed by atoms with van der Waals surface area (Å²) < 4.78 is 4.69. The van der Waals surface area contributed by atoms with Crippen LogP contribution in [0.2, 0.25) is 0 Å². The molecule has 0 saturated heterocycles. The first-order chi connectivity index (χ1) is 7.65. The molecule has 0 spiro atoms. The summed E-state index contributed by atoms with van der Waals surface area (Å²) in [5.74, 6) is -0.451. The molecule has 0 fully saturated rings. The summed E-state index contributed by atoms with van der Waals surface area (Å²) in [6.45, 7) is 1.75. The molecule has 1 aromatic carbocycles. The Balaban J connectivity index is 2.80.